The van der Waals surface area contributed by atoms with Crippen molar-refractivity contribution in [3.63, 3.8) is 0 Å². The zero-order chi connectivity index (χ0) is 14.6. The van der Waals surface area contributed by atoms with Crippen LogP contribution in [0.4, 0.5) is 5.69 Å². The fraction of sp³-hybridized carbons (Fsp3) is 0.429. The monoisotopic (exact) mass is 281 g/mol. The number of carboxylic acid groups (broad SMARTS) is 1. The van der Waals surface area contributed by atoms with E-state index < -0.39 is 5.97 Å². The zero-order valence-corrected chi connectivity index (χ0v) is 12.4. The highest BCUT2D eigenvalue weighted by Gasteiger charge is 2.15. The first kappa shape index (κ1) is 15.6. The number of carbonyl (C=O) groups excluding carboxylic acids is 1. The number of benzene rings is 1. The van der Waals surface area contributed by atoms with Crippen LogP contribution < -0.4 is 5.32 Å². The Labute approximate surface area is 117 Å². The number of anilines is 1. The van der Waals surface area contributed by atoms with Crippen molar-refractivity contribution in [1.82, 2.24) is 0 Å². The summed E-state index contributed by atoms with van der Waals surface area (Å²) >= 11 is 1.61. The molecule has 0 saturated carbocycles. The van der Waals surface area contributed by atoms with E-state index in [9.17, 15) is 9.59 Å². The summed E-state index contributed by atoms with van der Waals surface area (Å²) in [6.07, 6.45) is 1.95. The van der Waals surface area contributed by atoms with Gasteiger partial charge in [-0.15, -0.1) is 0 Å². The van der Waals surface area contributed by atoms with Gasteiger partial charge in [0.15, 0.2) is 0 Å². The number of aromatic carboxylic acids is 1. The Kier molecular flexibility index (Phi) is 5.42. The third kappa shape index (κ3) is 3.99. The molecule has 0 aliphatic rings. The number of nitrogens with one attached hydrogen (secondary N) is 1. The summed E-state index contributed by atoms with van der Waals surface area (Å²) in [5, 5.41) is 11.9. The first-order valence-electron chi connectivity index (χ1n) is 6.01. The number of thioether (sulfide) groups is 1. The molecule has 1 rings (SSSR count). The van der Waals surface area contributed by atoms with Crippen LogP contribution in [-0.2, 0) is 4.79 Å². The van der Waals surface area contributed by atoms with Gasteiger partial charge in [-0.2, -0.15) is 11.8 Å². The van der Waals surface area contributed by atoms with Crippen LogP contribution in [0, 0.1) is 19.8 Å². The summed E-state index contributed by atoms with van der Waals surface area (Å²) in [7, 11) is 0. The first-order chi connectivity index (χ1) is 8.86. The van der Waals surface area contributed by atoms with Crippen LogP contribution >= 0.6 is 11.8 Å². The van der Waals surface area contributed by atoms with Crippen LogP contribution in [0.1, 0.15) is 28.4 Å². The minimum absolute atomic E-state index is 0.0855. The molecule has 0 radical (unpaired) electrons. The molecule has 5 heteroatoms. The lowest BCUT2D eigenvalue weighted by atomic mass is 10.0. The van der Waals surface area contributed by atoms with Crippen LogP contribution in [0.15, 0.2) is 12.1 Å². The zero-order valence-electron chi connectivity index (χ0n) is 11.6. The molecule has 0 aliphatic heterocycles. The van der Waals surface area contributed by atoms with E-state index in [4.69, 9.17) is 5.11 Å². The first-order valence-corrected chi connectivity index (χ1v) is 7.40. The second kappa shape index (κ2) is 6.61. The van der Waals surface area contributed by atoms with E-state index >= 15 is 0 Å². The molecule has 19 heavy (non-hydrogen) atoms. The molecule has 0 heterocycles. The predicted molar refractivity (Wildman–Crippen MR) is 79.1 cm³/mol. The number of hydrogen-bond acceptors (Lipinski definition) is 3. The number of aryl methyl sites for hydroxylation is 2. The van der Waals surface area contributed by atoms with E-state index in [1.807, 2.05) is 20.1 Å². The molecular weight excluding hydrogens is 262 g/mol. The highest BCUT2D eigenvalue weighted by molar-refractivity contribution is 7.98. The Morgan fingerprint density at radius 2 is 1.95 bits per heavy atom. The van der Waals surface area contributed by atoms with Gasteiger partial charge in [0.2, 0.25) is 5.91 Å². The molecule has 0 aliphatic carbocycles. The fourth-order valence-electron chi connectivity index (χ4n) is 1.80. The second-order valence-electron chi connectivity index (χ2n) is 4.63. The largest absolute Gasteiger partial charge is 0.478 e. The molecule has 0 aromatic heterocycles. The normalized spacial score (nSPS) is 12.0. The molecule has 0 spiro atoms. The highest BCUT2D eigenvalue weighted by Crippen LogP contribution is 2.21. The number of hydrogen-bond donors (Lipinski definition) is 2. The van der Waals surface area contributed by atoms with Crippen molar-refractivity contribution in [1.29, 1.82) is 0 Å². The summed E-state index contributed by atoms with van der Waals surface area (Å²) in [5.74, 6) is -0.436. The summed E-state index contributed by atoms with van der Waals surface area (Å²) < 4.78 is 0. The Morgan fingerprint density at radius 1 is 1.32 bits per heavy atom. The maximum atomic E-state index is 11.9. The number of carboxylic acids is 1. The Morgan fingerprint density at radius 3 is 2.47 bits per heavy atom. The van der Waals surface area contributed by atoms with Gasteiger partial charge in [-0.25, -0.2) is 4.79 Å². The predicted octanol–water partition coefficient (Wildman–Crippen LogP) is 2.94. The lowest BCUT2D eigenvalue weighted by Gasteiger charge is -2.14. The molecule has 0 bridgehead atoms. The van der Waals surface area contributed by atoms with E-state index in [1.165, 1.54) is 6.07 Å². The highest BCUT2D eigenvalue weighted by atomic mass is 32.2. The van der Waals surface area contributed by atoms with E-state index in [0.29, 0.717) is 11.3 Å². The van der Waals surface area contributed by atoms with Crippen LogP contribution in [-0.4, -0.2) is 29.0 Å². The van der Waals surface area contributed by atoms with Gasteiger partial charge in [-0.05, 0) is 37.3 Å². The number of carbonyl (C=O) groups is 2. The molecule has 1 aromatic carbocycles. The topological polar surface area (TPSA) is 66.4 Å². The number of amides is 1. The van der Waals surface area contributed by atoms with Crippen molar-refractivity contribution in [2.24, 2.45) is 5.92 Å². The second-order valence-corrected chi connectivity index (χ2v) is 5.54. The molecule has 4 nitrogen and oxygen atoms in total. The lowest BCUT2D eigenvalue weighted by molar-refractivity contribution is -0.118. The molecule has 2 N–H and O–H groups in total. The average molecular weight is 281 g/mol. The van der Waals surface area contributed by atoms with Crippen LogP contribution in [0.2, 0.25) is 0 Å². The van der Waals surface area contributed by atoms with Crippen molar-refractivity contribution in [2.45, 2.75) is 20.8 Å². The lowest BCUT2D eigenvalue weighted by Crippen LogP contribution is -2.22. The van der Waals surface area contributed by atoms with E-state index in [0.717, 1.165) is 11.3 Å². The molecule has 1 atom stereocenters. The van der Waals surface area contributed by atoms with Crippen LogP contribution in [0.5, 0.6) is 0 Å². The summed E-state index contributed by atoms with van der Waals surface area (Å²) in [6, 6.07) is 3.30. The smallest absolute Gasteiger partial charge is 0.336 e. The molecule has 1 amide bonds. The van der Waals surface area contributed by atoms with Crippen molar-refractivity contribution in [3.8, 4) is 0 Å². The Balaban J connectivity index is 2.98. The fourth-order valence-corrected chi connectivity index (χ4v) is 2.45. The van der Waals surface area contributed by atoms with E-state index in [2.05, 4.69) is 5.32 Å². The van der Waals surface area contributed by atoms with Gasteiger partial charge in [0.25, 0.3) is 0 Å². The minimum Gasteiger partial charge on any atom is -0.478 e. The van der Waals surface area contributed by atoms with Crippen molar-refractivity contribution in [3.05, 3.63) is 28.8 Å². The van der Waals surface area contributed by atoms with Gasteiger partial charge >= 0.3 is 5.97 Å². The summed E-state index contributed by atoms with van der Waals surface area (Å²) in [4.78, 5) is 23.0. The van der Waals surface area contributed by atoms with E-state index in [1.54, 1.807) is 24.8 Å². The molecule has 0 saturated heterocycles. The molecular formula is C14H19NO3S. The van der Waals surface area contributed by atoms with Gasteiger partial charge in [0, 0.05) is 17.4 Å². The van der Waals surface area contributed by atoms with Gasteiger partial charge in [0.1, 0.15) is 0 Å². The minimum atomic E-state index is -0.981. The van der Waals surface area contributed by atoms with Gasteiger partial charge in [-0.3, -0.25) is 4.79 Å². The summed E-state index contributed by atoms with van der Waals surface area (Å²) in [6.45, 7) is 5.46. The molecule has 0 fully saturated rings. The maximum absolute atomic E-state index is 11.9. The van der Waals surface area contributed by atoms with E-state index in [-0.39, 0.29) is 17.4 Å². The van der Waals surface area contributed by atoms with Gasteiger partial charge < -0.3 is 10.4 Å². The molecule has 1 aromatic rings. The SMILES string of the molecule is CSCC(C)C(=O)Nc1cc(C(=O)O)c(C)cc1C. The molecule has 1 unspecified atom stereocenters. The van der Waals surface area contributed by atoms with Crippen molar-refractivity contribution >= 4 is 29.3 Å². The van der Waals surface area contributed by atoms with Gasteiger partial charge in [-0.1, -0.05) is 13.0 Å². The Bertz CT molecular complexity index is 500. The van der Waals surface area contributed by atoms with Crippen LogP contribution in [0.25, 0.3) is 0 Å². The van der Waals surface area contributed by atoms with Crippen molar-refractivity contribution < 1.29 is 14.7 Å². The van der Waals surface area contributed by atoms with Crippen molar-refractivity contribution in [2.75, 3.05) is 17.3 Å². The quantitative estimate of drug-likeness (QED) is 0.871. The van der Waals surface area contributed by atoms with Gasteiger partial charge in [0.05, 0.1) is 5.56 Å². The standard InChI is InChI=1S/C14H19NO3S/c1-8-5-9(2)12(6-11(8)14(17)18)15-13(16)10(3)7-19-4/h5-6,10H,7H2,1-4H3,(H,15,16)(H,17,18). The third-order valence-electron chi connectivity index (χ3n) is 2.92. The summed E-state index contributed by atoms with van der Waals surface area (Å²) in [5.41, 5.74) is 2.35. The van der Waals surface area contributed by atoms with Crippen LogP contribution in [0.3, 0.4) is 0 Å². The maximum Gasteiger partial charge on any atom is 0.336 e. The molecule has 104 valence electrons. The Hall–Kier alpha value is -1.49. The average Bonchev–Trinajstić information content (AvgIpc) is 2.32. The number of rotatable bonds is 5. The third-order valence-corrected chi connectivity index (χ3v) is 3.76.